The van der Waals surface area contributed by atoms with Gasteiger partial charge < -0.3 is 0 Å². The molecule has 0 aliphatic heterocycles. The lowest BCUT2D eigenvalue weighted by Gasteiger charge is -2.15. The highest BCUT2D eigenvalue weighted by Gasteiger charge is 2.36. The zero-order chi connectivity index (χ0) is 9.99. The molecule has 0 aliphatic carbocycles. The van der Waals surface area contributed by atoms with Crippen LogP contribution in [0.1, 0.15) is 6.92 Å². The Morgan fingerprint density at radius 1 is 1.33 bits per heavy atom. The Morgan fingerprint density at radius 2 is 1.75 bits per heavy atom. The molecule has 3 nitrogen and oxygen atoms in total. The average Bonchev–Trinajstić information content (AvgIpc) is 1.80. The highest BCUT2D eigenvalue weighted by Crippen LogP contribution is 2.18. The van der Waals surface area contributed by atoms with Crippen LogP contribution in [0.4, 0.5) is 13.2 Å². The van der Waals surface area contributed by atoms with Crippen molar-refractivity contribution in [3.05, 3.63) is 0 Å². The molecular weight excluding hydrogens is 195 g/mol. The summed E-state index contributed by atoms with van der Waals surface area (Å²) in [5.74, 6) is -1.79. The Bertz CT molecular complexity index is 234. The first-order valence-electron chi connectivity index (χ1n) is 3.20. The molecule has 0 rings (SSSR count). The van der Waals surface area contributed by atoms with Gasteiger partial charge in [0, 0.05) is 13.6 Å². The lowest BCUT2D eigenvalue weighted by molar-refractivity contribution is -0.106. The molecule has 0 saturated heterocycles. The molecule has 0 fully saturated rings. The van der Waals surface area contributed by atoms with Crippen molar-refractivity contribution in [2.75, 3.05) is 19.3 Å². The number of nitrogens with zero attached hydrogens (tertiary/aromatic N) is 1. The normalized spacial score (nSPS) is 13.8. The number of sulfonamides is 1. The summed E-state index contributed by atoms with van der Waals surface area (Å²) < 4.78 is 57.2. The summed E-state index contributed by atoms with van der Waals surface area (Å²) in [6.07, 6.45) is -4.66. The van der Waals surface area contributed by atoms with E-state index in [-0.39, 0.29) is 6.54 Å². The first kappa shape index (κ1) is 11.7. The van der Waals surface area contributed by atoms with Crippen molar-refractivity contribution in [1.82, 2.24) is 4.31 Å². The van der Waals surface area contributed by atoms with Gasteiger partial charge in [-0.05, 0) is 0 Å². The van der Waals surface area contributed by atoms with E-state index in [1.807, 2.05) is 0 Å². The molecule has 7 heteroatoms. The molecule has 0 aromatic rings. The van der Waals surface area contributed by atoms with E-state index >= 15 is 0 Å². The second-order valence-electron chi connectivity index (χ2n) is 2.29. The fraction of sp³-hybridized carbons (Fsp3) is 1.00. The predicted octanol–water partition coefficient (Wildman–Crippen LogP) is 0.830. The summed E-state index contributed by atoms with van der Waals surface area (Å²) in [4.78, 5) is 0. The topological polar surface area (TPSA) is 37.4 Å². The molecule has 0 aromatic carbocycles. The third kappa shape index (κ3) is 3.91. The van der Waals surface area contributed by atoms with Crippen LogP contribution in [0.25, 0.3) is 0 Å². The molecule has 0 spiro atoms. The van der Waals surface area contributed by atoms with Crippen LogP contribution in [0.3, 0.4) is 0 Å². The molecule has 12 heavy (non-hydrogen) atoms. The number of rotatable bonds is 3. The second-order valence-corrected chi connectivity index (χ2v) is 4.36. The van der Waals surface area contributed by atoms with Crippen molar-refractivity contribution in [1.29, 1.82) is 0 Å². The van der Waals surface area contributed by atoms with E-state index in [0.29, 0.717) is 4.31 Å². The maximum atomic E-state index is 11.6. The van der Waals surface area contributed by atoms with E-state index in [1.54, 1.807) is 0 Å². The Labute approximate surface area is 69.2 Å². The molecule has 0 radical (unpaired) electrons. The molecule has 0 amide bonds. The smallest absolute Gasteiger partial charge is 0.212 e. The molecule has 0 N–H and O–H groups in total. The van der Waals surface area contributed by atoms with Crippen molar-refractivity contribution in [2.45, 2.75) is 13.1 Å². The summed E-state index contributed by atoms with van der Waals surface area (Å²) in [6, 6.07) is 0. The average molecular weight is 205 g/mol. The zero-order valence-electron chi connectivity index (χ0n) is 6.72. The summed E-state index contributed by atoms with van der Waals surface area (Å²) in [6.45, 7) is 1.51. The Hall–Kier alpha value is -0.300. The molecule has 0 unspecified atom stereocenters. The van der Waals surface area contributed by atoms with Gasteiger partial charge in [-0.2, -0.15) is 13.2 Å². The molecular formula is C5H10F3NO2S. The van der Waals surface area contributed by atoms with Gasteiger partial charge >= 0.3 is 6.18 Å². The molecule has 0 aliphatic rings. The van der Waals surface area contributed by atoms with Gasteiger partial charge in [-0.3, -0.25) is 0 Å². The van der Waals surface area contributed by atoms with Crippen LogP contribution in [-0.2, 0) is 10.0 Å². The Morgan fingerprint density at radius 3 is 2.00 bits per heavy atom. The Kier molecular flexibility index (Phi) is 3.52. The van der Waals surface area contributed by atoms with Crippen molar-refractivity contribution in [3.8, 4) is 0 Å². The maximum absolute atomic E-state index is 11.6. The second kappa shape index (κ2) is 3.61. The van der Waals surface area contributed by atoms with Crippen LogP contribution in [0.2, 0.25) is 0 Å². The minimum atomic E-state index is -4.66. The fourth-order valence-electron chi connectivity index (χ4n) is 0.514. The highest BCUT2D eigenvalue weighted by atomic mass is 32.2. The molecule has 0 atom stereocenters. The quantitative estimate of drug-likeness (QED) is 0.684. The van der Waals surface area contributed by atoms with Gasteiger partial charge in [0.1, 0.15) is 0 Å². The van der Waals surface area contributed by atoms with Gasteiger partial charge in [-0.1, -0.05) is 6.92 Å². The predicted molar refractivity (Wildman–Crippen MR) is 38.1 cm³/mol. The lowest BCUT2D eigenvalue weighted by atomic mass is 10.8. The maximum Gasteiger partial charge on any atom is 0.404 e. The van der Waals surface area contributed by atoms with Gasteiger partial charge in [-0.25, -0.2) is 12.7 Å². The van der Waals surface area contributed by atoms with Gasteiger partial charge in [-0.15, -0.1) is 0 Å². The minimum absolute atomic E-state index is 0.0401. The van der Waals surface area contributed by atoms with Crippen molar-refractivity contribution in [2.24, 2.45) is 0 Å². The summed E-state index contributed by atoms with van der Waals surface area (Å²) in [7, 11) is -3.05. The van der Waals surface area contributed by atoms with Crippen LogP contribution in [0, 0.1) is 0 Å². The third-order valence-corrected chi connectivity index (χ3v) is 3.17. The van der Waals surface area contributed by atoms with Crippen LogP contribution < -0.4 is 0 Å². The van der Waals surface area contributed by atoms with Crippen LogP contribution in [-0.4, -0.2) is 38.2 Å². The summed E-state index contributed by atoms with van der Waals surface area (Å²) in [5, 5.41) is 0. The van der Waals surface area contributed by atoms with E-state index in [1.165, 1.54) is 6.92 Å². The van der Waals surface area contributed by atoms with Crippen molar-refractivity contribution in [3.63, 3.8) is 0 Å². The first-order chi connectivity index (χ1) is 5.19. The van der Waals surface area contributed by atoms with Gasteiger partial charge in [0.05, 0.1) is 0 Å². The van der Waals surface area contributed by atoms with Gasteiger partial charge in [0.25, 0.3) is 0 Å². The fourth-order valence-corrected chi connectivity index (χ4v) is 1.54. The van der Waals surface area contributed by atoms with Crippen LogP contribution in [0.5, 0.6) is 0 Å². The molecule has 0 saturated carbocycles. The molecule has 0 aromatic heterocycles. The monoisotopic (exact) mass is 205 g/mol. The van der Waals surface area contributed by atoms with Crippen LogP contribution >= 0.6 is 0 Å². The minimum Gasteiger partial charge on any atom is -0.212 e. The van der Waals surface area contributed by atoms with Crippen LogP contribution in [0.15, 0.2) is 0 Å². The van der Waals surface area contributed by atoms with E-state index in [9.17, 15) is 21.6 Å². The van der Waals surface area contributed by atoms with E-state index in [4.69, 9.17) is 0 Å². The molecule has 0 bridgehead atoms. The third-order valence-electron chi connectivity index (χ3n) is 1.27. The SMILES string of the molecule is CCN(C)S(=O)(=O)CC(F)(F)F. The van der Waals surface area contributed by atoms with E-state index < -0.39 is 22.0 Å². The number of hydrogen-bond acceptors (Lipinski definition) is 2. The number of alkyl halides is 3. The summed E-state index contributed by atoms with van der Waals surface area (Å²) >= 11 is 0. The standard InChI is InChI=1S/C5H10F3NO2S/c1-3-9(2)12(10,11)4-5(6,7)8/h3-4H2,1-2H3. The molecule has 74 valence electrons. The van der Waals surface area contributed by atoms with Crippen molar-refractivity contribution < 1.29 is 21.6 Å². The highest BCUT2D eigenvalue weighted by molar-refractivity contribution is 7.89. The van der Waals surface area contributed by atoms with E-state index in [0.717, 1.165) is 7.05 Å². The summed E-state index contributed by atoms with van der Waals surface area (Å²) in [5.41, 5.74) is 0. The first-order valence-corrected chi connectivity index (χ1v) is 4.80. The van der Waals surface area contributed by atoms with Gasteiger partial charge in [0.2, 0.25) is 10.0 Å². The zero-order valence-corrected chi connectivity index (χ0v) is 7.54. The number of hydrogen-bond donors (Lipinski definition) is 0. The molecule has 0 heterocycles. The van der Waals surface area contributed by atoms with Crippen molar-refractivity contribution >= 4 is 10.0 Å². The van der Waals surface area contributed by atoms with E-state index in [2.05, 4.69) is 0 Å². The Balaban J connectivity index is 4.45. The lowest BCUT2D eigenvalue weighted by Crippen LogP contribution is -2.35. The van der Waals surface area contributed by atoms with Gasteiger partial charge in [0.15, 0.2) is 5.75 Å². The number of halogens is 3. The largest absolute Gasteiger partial charge is 0.404 e.